The van der Waals surface area contributed by atoms with Crippen LogP contribution in [0.2, 0.25) is 5.15 Å². The molecular weight excluding hydrogens is 804 g/mol. The summed E-state index contributed by atoms with van der Waals surface area (Å²) in [6.45, 7) is 10.3. The fraction of sp³-hybridized carbons (Fsp3) is 0.368. The van der Waals surface area contributed by atoms with E-state index in [1.165, 1.54) is 21.1 Å². The smallest absolute Gasteiger partial charge is 0.415 e. The Morgan fingerprint density at radius 3 is 2.43 bits per heavy atom. The lowest BCUT2D eigenvalue weighted by Gasteiger charge is -2.33. The van der Waals surface area contributed by atoms with Crippen molar-refractivity contribution in [3.63, 3.8) is 0 Å². The predicted molar refractivity (Wildman–Crippen MR) is 220 cm³/mol. The van der Waals surface area contributed by atoms with E-state index in [4.69, 9.17) is 22.1 Å². The number of aryl methyl sites for hydroxylation is 2. The molecular formula is C38H40BrClN4O3S4. The van der Waals surface area contributed by atoms with Gasteiger partial charge in [-0.1, -0.05) is 37.6 Å². The summed E-state index contributed by atoms with van der Waals surface area (Å²) in [5.41, 5.74) is 8.53. The maximum atomic E-state index is 13.4. The number of hydrogen-bond acceptors (Lipinski definition) is 10. The molecule has 1 saturated carbocycles. The topological polar surface area (TPSA) is 98.4 Å². The summed E-state index contributed by atoms with van der Waals surface area (Å²) in [6, 6.07) is 14.0. The van der Waals surface area contributed by atoms with E-state index in [2.05, 4.69) is 63.3 Å². The number of anilines is 2. The number of hydrogen-bond donors (Lipinski definition) is 1. The summed E-state index contributed by atoms with van der Waals surface area (Å²) in [7, 11) is 0. The van der Waals surface area contributed by atoms with Crippen molar-refractivity contribution in [3.8, 4) is 0 Å². The molecule has 7 nitrogen and oxygen atoms in total. The maximum Gasteiger partial charge on any atom is 0.415 e. The molecule has 0 spiro atoms. The first-order valence-electron chi connectivity index (χ1n) is 16.7. The van der Waals surface area contributed by atoms with Crippen LogP contribution in [0.3, 0.4) is 0 Å². The molecule has 7 rings (SSSR count). The van der Waals surface area contributed by atoms with Gasteiger partial charge in [0.1, 0.15) is 16.5 Å². The standard InChI is InChI=1S/C25H28BrClN2O3S2.C13H12N2S2/c1-24(2,3)32-23(31)29(13-14-7-6-10-33-14)16-11-18(27)28-20-19(26)21(34-22(16)20)15-12-25(4,5)9-8-17(15)30;14-11-5-6-15-12-8-10(17-13(11)12)4-3-9-2-1-7-16-9/h6-7,10-11,15H,8-9,12-13H2,1-5H3;1-2,5-8H,3-4H2,(H2,14,15). The molecule has 0 radical (unpaired) electrons. The minimum atomic E-state index is -0.651. The van der Waals surface area contributed by atoms with Gasteiger partial charge in [0, 0.05) is 38.2 Å². The fourth-order valence-corrected chi connectivity index (χ4v) is 10.9. The average molecular weight is 844 g/mol. The van der Waals surface area contributed by atoms with Gasteiger partial charge in [-0.15, -0.1) is 45.3 Å². The summed E-state index contributed by atoms with van der Waals surface area (Å²) in [5, 5.41) is 4.39. The zero-order chi connectivity index (χ0) is 36.5. The molecule has 1 amide bonds. The van der Waals surface area contributed by atoms with Gasteiger partial charge in [-0.05, 0) is 103 Å². The van der Waals surface area contributed by atoms with Crippen molar-refractivity contribution >= 4 is 117 Å². The average Bonchev–Trinajstić information content (AvgIpc) is 3.88. The van der Waals surface area contributed by atoms with Gasteiger partial charge >= 0.3 is 6.09 Å². The number of carbonyl (C=O) groups is 2. The maximum absolute atomic E-state index is 13.4. The van der Waals surface area contributed by atoms with Crippen molar-refractivity contribution in [2.45, 2.75) is 84.8 Å². The third-order valence-corrected chi connectivity index (χ3v) is 14.2. The van der Waals surface area contributed by atoms with Crippen molar-refractivity contribution in [1.82, 2.24) is 9.97 Å². The number of carbonyl (C=O) groups excluding carboxylic acids is 2. The summed E-state index contributed by atoms with van der Waals surface area (Å²) in [5.74, 6) is 0.0537. The highest BCUT2D eigenvalue weighted by atomic mass is 79.9. The van der Waals surface area contributed by atoms with E-state index in [-0.39, 0.29) is 22.3 Å². The highest BCUT2D eigenvalue weighted by Gasteiger charge is 2.38. The van der Waals surface area contributed by atoms with Gasteiger partial charge in [-0.3, -0.25) is 14.7 Å². The van der Waals surface area contributed by atoms with Gasteiger partial charge in [0.25, 0.3) is 0 Å². The zero-order valence-corrected chi connectivity index (χ0v) is 34.7. The third kappa shape index (κ3) is 9.20. The number of nitrogens with zero attached hydrogens (tertiary/aromatic N) is 3. The Labute approximate surface area is 328 Å². The first-order valence-corrected chi connectivity index (χ1v) is 21.2. The molecule has 6 aromatic rings. The van der Waals surface area contributed by atoms with E-state index in [0.717, 1.165) is 60.5 Å². The number of thiophene rings is 4. The number of ether oxygens (including phenoxy) is 1. The Balaban J connectivity index is 0.000000219. The normalized spacial score (nSPS) is 15.9. The fourth-order valence-electron chi connectivity index (χ4n) is 6.03. The quantitative estimate of drug-likeness (QED) is 0.161. The molecule has 51 heavy (non-hydrogen) atoms. The van der Waals surface area contributed by atoms with Gasteiger partial charge in [-0.2, -0.15) is 0 Å². The molecule has 1 aliphatic rings. The minimum Gasteiger partial charge on any atom is -0.443 e. The molecule has 1 unspecified atom stereocenters. The SMILES string of the molecule is CC1(C)CCC(=O)C(c2sc3c(N(Cc4cccs4)C(=O)OC(C)(C)C)cc(Cl)nc3c2Br)C1.Nc1ccnc2cc(CCc3cccs3)sc12. The second kappa shape index (κ2) is 15.6. The summed E-state index contributed by atoms with van der Waals surface area (Å²) in [4.78, 5) is 41.6. The van der Waals surface area contributed by atoms with Crippen molar-refractivity contribution in [2.75, 3.05) is 10.6 Å². The first kappa shape index (κ1) is 37.9. The number of halogens is 2. The van der Waals surface area contributed by atoms with Crippen LogP contribution in [0.1, 0.15) is 79.3 Å². The molecule has 0 saturated heterocycles. The number of rotatable bonds is 7. The number of amides is 1. The Kier molecular flexibility index (Phi) is 11.6. The summed E-state index contributed by atoms with van der Waals surface area (Å²) < 4.78 is 8.47. The van der Waals surface area contributed by atoms with Gasteiger partial charge in [-0.25, -0.2) is 9.78 Å². The van der Waals surface area contributed by atoms with Crippen LogP contribution in [0, 0.1) is 5.41 Å². The van der Waals surface area contributed by atoms with Crippen molar-refractivity contribution in [2.24, 2.45) is 5.41 Å². The van der Waals surface area contributed by atoms with Gasteiger partial charge < -0.3 is 10.5 Å². The molecule has 1 fully saturated rings. The van der Waals surface area contributed by atoms with Crippen molar-refractivity contribution < 1.29 is 14.3 Å². The number of ketones is 1. The molecule has 0 aromatic carbocycles. The van der Waals surface area contributed by atoms with Crippen LogP contribution < -0.4 is 10.6 Å². The zero-order valence-electron chi connectivity index (χ0n) is 29.1. The van der Waals surface area contributed by atoms with Gasteiger partial charge in [0.2, 0.25) is 0 Å². The second-order valence-electron chi connectivity index (χ2n) is 14.4. The highest BCUT2D eigenvalue weighted by molar-refractivity contribution is 9.10. The molecule has 1 atom stereocenters. The monoisotopic (exact) mass is 842 g/mol. The Morgan fingerprint density at radius 1 is 1.06 bits per heavy atom. The molecule has 13 heteroatoms. The van der Waals surface area contributed by atoms with E-state index in [1.807, 2.05) is 55.7 Å². The van der Waals surface area contributed by atoms with Crippen LogP contribution >= 0.6 is 72.9 Å². The van der Waals surface area contributed by atoms with Crippen LogP contribution in [0.4, 0.5) is 16.2 Å². The molecule has 268 valence electrons. The molecule has 6 heterocycles. The lowest BCUT2D eigenvalue weighted by Crippen LogP contribution is -2.36. The van der Waals surface area contributed by atoms with Gasteiger partial charge in [0.15, 0.2) is 0 Å². The Morgan fingerprint density at radius 2 is 1.76 bits per heavy atom. The predicted octanol–water partition coefficient (Wildman–Crippen LogP) is 12.3. The van der Waals surface area contributed by atoms with Crippen molar-refractivity contribution in [1.29, 1.82) is 0 Å². The van der Waals surface area contributed by atoms with Crippen LogP contribution in [0.5, 0.6) is 0 Å². The van der Waals surface area contributed by atoms with E-state index < -0.39 is 11.7 Å². The van der Waals surface area contributed by atoms with E-state index >= 15 is 0 Å². The van der Waals surface area contributed by atoms with Crippen LogP contribution in [-0.2, 0) is 28.9 Å². The van der Waals surface area contributed by atoms with Crippen LogP contribution in [-0.4, -0.2) is 27.4 Å². The number of Topliss-reactive ketones (excluding diaryl/α,β-unsaturated/α-hetero) is 1. The van der Waals surface area contributed by atoms with Gasteiger partial charge in [0.05, 0.1) is 48.7 Å². The molecule has 0 aliphatic heterocycles. The number of nitrogen functional groups attached to an aromatic ring is 1. The molecule has 0 bridgehead atoms. The molecule has 2 N–H and O–H groups in total. The summed E-state index contributed by atoms with van der Waals surface area (Å²) in [6.07, 6.45) is 5.74. The first-order chi connectivity index (χ1) is 24.2. The van der Waals surface area contributed by atoms with Crippen LogP contribution in [0.15, 0.2) is 63.9 Å². The number of fused-ring (bicyclic) bond motifs is 2. The lowest BCUT2D eigenvalue weighted by atomic mass is 9.71. The second-order valence-corrected chi connectivity index (χ2v) is 19.8. The van der Waals surface area contributed by atoms with E-state index in [0.29, 0.717) is 24.2 Å². The van der Waals surface area contributed by atoms with Crippen molar-refractivity contribution in [3.05, 3.63) is 88.6 Å². The van der Waals surface area contributed by atoms with Crippen LogP contribution in [0.25, 0.3) is 20.4 Å². The Hall–Kier alpha value is -2.87. The Bertz CT molecular complexity index is 2150. The number of pyridine rings is 2. The molecule has 6 aromatic heterocycles. The van der Waals surface area contributed by atoms with E-state index in [1.54, 1.807) is 39.8 Å². The number of aromatic nitrogens is 2. The van der Waals surface area contributed by atoms with E-state index in [9.17, 15) is 9.59 Å². The largest absolute Gasteiger partial charge is 0.443 e. The number of nitrogens with two attached hydrogens (primary N) is 1. The lowest BCUT2D eigenvalue weighted by molar-refractivity contribution is -0.123. The third-order valence-electron chi connectivity index (χ3n) is 8.56. The minimum absolute atomic E-state index is 0.0871. The summed E-state index contributed by atoms with van der Waals surface area (Å²) >= 11 is 16.8. The molecule has 1 aliphatic carbocycles. The highest BCUT2D eigenvalue weighted by Crippen LogP contribution is 2.50.